The van der Waals surface area contributed by atoms with Gasteiger partial charge in [-0.25, -0.2) is 9.97 Å². The molecule has 3 aromatic rings. The standard InChI is InChI=1S/C14H11BrN4O2/c15-10-6-19(7-11(20)21)14-12(10)13(16-8-17-14)18-9-4-2-1-3-5-9/h1-6,8H,7H2,(H,20,21)(H,16,17,18). The molecule has 0 aliphatic heterocycles. The molecule has 106 valence electrons. The van der Waals surface area contributed by atoms with Crippen molar-refractivity contribution in [2.24, 2.45) is 0 Å². The van der Waals surface area contributed by atoms with Gasteiger partial charge in [0.15, 0.2) is 0 Å². The first-order chi connectivity index (χ1) is 10.1. The molecule has 0 aliphatic rings. The van der Waals surface area contributed by atoms with Crippen molar-refractivity contribution in [3.63, 3.8) is 0 Å². The largest absolute Gasteiger partial charge is 0.480 e. The Morgan fingerprint density at radius 1 is 1.29 bits per heavy atom. The quantitative estimate of drug-likeness (QED) is 0.758. The summed E-state index contributed by atoms with van der Waals surface area (Å²) < 4.78 is 2.32. The molecule has 6 nitrogen and oxygen atoms in total. The van der Waals surface area contributed by atoms with E-state index < -0.39 is 5.97 Å². The fraction of sp³-hybridized carbons (Fsp3) is 0.0714. The summed E-state index contributed by atoms with van der Waals surface area (Å²) in [5, 5.41) is 12.9. The van der Waals surface area contributed by atoms with Crippen LogP contribution in [0.25, 0.3) is 11.0 Å². The van der Waals surface area contributed by atoms with Gasteiger partial charge >= 0.3 is 5.97 Å². The van der Waals surface area contributed by atoms with Gasteiger partial charge in [0.05, 0.1) is 5.39 Å². The number of aliphatic carboxylic acids is 1. The predicted molar refractivity (Wildman–Crippen MR) is 82.6 cm³/mol. The number of para-hydroxylation sites is 1. The molecule has 0 saturated heterocycles. The lowest BCUT2D eigenvalue weighted by molar-refractivity contribution is -0.137. The van der Waals surface area contributed by atoms with Crippen LogP contribution < -0.4 is 5.32 Å². The topological polar surface area (TPSA) is 80.0 Å². The number of anilines is 2. The summed E-state index contributed by atoms with van der Waals surface area (Å²) in [5.74, 6) is -0.294. The van der Waals surface area contributed by atoms with E-state index >= 15 is 0 Å². The van der Waals surface area contributed by atoms with Gasteiger partial charge in [0.25, 0.3) is 0 Å². The molecule has 1 aromatic carbocycles. The molecule has 0 saturated carbocycles. The Morgan fingerprint density at radius 2 is 2.05 bits per heavy atom. The molecule has 0 radical (unpaired) electrons. The summed E-state index contributed by atoms with van der Waals surface area (Å²) in [6.07, 6.45) is 3.11. The van der Waals surface area contributed by atoms with Gasteiger partial charge < -0.3 is 15.0 Å². The number of hydrogen-bond donors (Lipinski definition) is 2. The summed E-state index contributed by atoms with van der Waals surface area (Å²) in [6, 6.07) is 9.63. The molecule has 0 fully saturated rings. The molecule has 7 heteroatoms. The second-order valence-corrected chi connectivity index (χ2v) is 5.26. The first-order valence-electron chi connectivity index (χ1n) is 6.18. The summed E-state index contributed by atoms with van der Waals surface area (Å²) >= 11 is 3.44. The second kappa shape index (κ2) is 5.53. The van der Waals surface area contributed by atoms with Crippen LogP contribution in [-0.2, 0) is 11.3 Å². The first kappa shape index (κ1) is 13.6. The van der Waals surface area contributed by atoms with Crippen LogP contribution in [0, 0.1) is 0 Å². The fourth-order valence-corrected chi connectivity index (χ4v) is 2.71. The maximum absolute atomic E-state index is 10.9. The molecule has 2 heterocycles. The SMILES string of the molecule is O=C(O)Cn1cc(Br)c2c(Nc3ccccc3)ncnc21. The van der Waals surface area contributed by atoms with Gasteiger partial charge in [0.1, 0.15) is 24.3 Å². The third-order valence-corrected chi connectivity index (χ3v) is 3.55. The van der Waals surface area contributed by atoms with Crippen molar-refractivity contribution >= 4 is 44.4 Å². The van der Waals surface area contributed by atoms with Crippen LogP contribution in [0.1, 0.15) is 0 Å². The minimum atomic E-state index is -0.921. The van der Waals surface area contributed by atoms with E-state index in [9.17, 15) is 4.79 Å². The average molecular weight is 347 g/mol. The summed E-state index contributed by atoms with van der Waals surface area (Å²) in [7, 11) is 0. The number of nitrogens with zero attached hydrogens (tertiary/aromatic N) is 3. The molecule has 0 unspecified atom stereocenters. The molecule has 0 spiro atoms. The maximum atomic E-state index is 10.9. The number of carboxylic acid groups (broad SMARTS) is 1. The number of hydrogen-bond acceptors (Lipinski definition) is 4. The van der Waals surface area contributed by atoms with Crippen molar-refractivity contribution in [3.8, 4) is 0 Å². The zero-order valence-electron chi connectivity index (χ0n) is 10.8. The number of fused-ring (bicyclic) bond motifs is 1. The Morgan fingerprint density at radius 3 is 2.76 bits per heavy atom. The summed E-state index contributed by atoms with van der Waals surface area (Å²) in [5.41, 5.74) is 1.47. The number of halogens is 1. The molecule has 21 heavy (non-hydrogen) atoms. The van der Waals surface area contributed by atoms with Gasteiger partial charge in [0.2, 0.25) is 0 Å². The van der Waals surface area contributed by atoms with E-state index in [0.29, 0.717) is 11.5 Å². The van der Waals surface area contributed by atoms with Crippen LogP contribution in [-0.4, -0.2) is 25.6 Å². The highest BCUT2D eigenvalue weighted by atomic mass is 79.9. The summed E-state index contributed by atoms with van der Waals surface area (Å²) in [6.45, 7) is -0.149. The molecular weight excluding hydrogens is 336 g/mol. The van der Waals surface area contributed by atoms with Crippen LogP contribution in [0.3, 0.4) is 0 Å². The van der Waals surface area contributed by atoms with E-state index in [2.05, 4.69) is 31.2 Å². The van der Waals surface area contributed by atoms with E-state index in [1.165, 1.54) is 6.33 Å². The molecular formula is C14H11BrN4O2. The van der Waals surface area contributed by atoms with Gasteiger partial charge in [-0.1, -0.05) is 18.2 Å². The Bertz CT molecular complexity index is 801. The van der Waals surface area contributed by atoms with Crippen LogP contribution in [0.5, 0.6) is 0 Å². The lowest BCUT2D eigenvalue weighted by Gasteiger charge is -2.07. The Balaban J connectivity index is 2.08. The molecule has 0 aliphatic carbocycles. The highest BCUT2D eigenvalue weighted by molar-refractivity contribution is 9.10. The van der Waals surface area contributed by atoms with E-state index in [0.717, 1.165) is 15.5 Å². The number of carboxylic acids is 1. The zero-order chi connectivity index (χ0) is 14.8. The molecule has 0 amide bonds. The molecule has 0 atom stereocenters. The van der Waals surface area contributed by atoms with E-state index in [-0.39, 0.29) is 6.54 Å². The molecule has 0 bridgehead atoms. The third-order valence-electron chi connectivity index (χ3n) is 2.95. The van der Waals surface area contributed by atoms with Crippen molar-refractivity contribution in [2.45, 2.75) is 6.54 Å². The van der Waals surface area contributed by atoms with Crippen molar-refractivity contribution in [1.82, 2.24) is 14.5 Å². The number of rotatable bonds is 4. The minimum absolute atomic E-state index is 0.149. The van der Waals surface area contributed by atoms with E-state index in [1.54, 1.807) is 10.8 Å². The Hall–Kier alpha value is -2.41. The lowest BCUT2D eigenvalue weighted by atomic mass is 10.3. The number of aromatic nitrogens is 3. The smallest absolute Gasteiger partial charge is 0.323 e. The van der Waals surface area contributed by atoms with Gasteiger partial charge in [-0.3, -0.25) is 4.79 Å². The van der Waals surface area contributed by atoms with E-state index in [4.69, 9.17) is 5.11 Å². The van der Waals surface area contributed by atoms with Gasteiger partial charge in [0, 0.05) is 16.4 Å². The van der Waals surface area contributed by atoms with E-state index in [1.807, 2.05) is 30.3 Å². The summed E-state index contributed by atoms with van der Waals surface area (Å²) in [4.78, 5) is 19.3. The molecule has 2 N–H and O–H groups in total. The Kier molecular flexibility index (Phi) is 3.57. The number of nitrogens with one attached hydrogen (secondary N) is 1. The zero-order valence-corrected chi connectivity index (χ0v) is 12.4. The monoisotopic (exact) mass is 346 g/mol. The second-order valence-electron chi connectivity index (χ2n) is 4.41. The predicted octanol–water partition coefficient (Wildman–Crippen LogP) is 3.02. The number of carbonyl (C=O) groups is 1. The van der Waals surface area contributed by atoms with Crippen molar-refractivity contribution in [3.05, 3.63) is 47.3 Å². The Labute approximate surface area is 128 Å². The first-order valence-corrected chi connectivity index (χ1v) is 6.97. The van der Waals surface area contributed by atoms with Gasteiger partial charge in [-0.2, -0.15) is 0 Å². The van der Waals surface area contributed by atoms with Gasteiger partial charge in [-0.15, -0.1) is 0 Å². The normalized spacial score (nSPS) is 10.7. The van der Waals surface area contributed by atoms with Gasteiger partial charge in [-0.05, 0) is 28.1 Å². The minimum Gasteiger partial charge on any atom is -0.480 e. The van der Waals surface area contributed by atoms with Crippen LogP contribution >= 0.6 is 15.9 Å². The van der Waals surface area contributed by atoms with Crippen LogP contribution in [0.4, 0.5) is 11.5 Å². The van der Waals surface area contributed by atoms with Crippen molar-refractivity contribution < 1.29 is 9.90 Å². The lowest BCUT2D eigenvalue weighted by Crippen LogP contribution is -2.08. The maximum Gasteiger partial charge on any atom is 0.323 e. The molecule has 2 aromatic heterocycles. The fourth-order valence-electron chi connectivity index (χ4n) is 2.10. The average Bonchev–Trinajstić information content (AvgIpc) is 2.77. The highest BCUT2D eigenvalue weighted by Gasteiger charge is 2.14. The number of benzene rings is 1. The van der Waals surface area contributed by atoms with Crippen LogP contribution in [0.15, 0.2) is 47.3 Å². The highest BCUT2D eigenvalue weighted by Crippen LogP contribution is 2.31. The van der Waals surface area contributed by atoms with Crippen molar-refractivity contribution in [2.75, 3.05) is 5.32 Å². The van der Waals surface area contributed by atoms with Crippen LogP contribution in [0.2, 0.25) is 0 Å². The third kappa shape index (κ3) is 2.73. The molecule has 3 rings (SSSR count). The van der Waals surface area contributed by atoms with Crippen molar-refractivity contribution in [1.29, 1.82) is 0 Å².